The lowest BCUT2D eigenvalue weighted by molar-refractivity contribution is 0.770. The van der Waals surface area contributed by atoms with Crippen molar-refractivity contribution in [3.63, 3.8) is 0 Å². The summed E-state index contributed by atoms with van der Waals surface area (Å²) < 4.78 is 0. The molecule has 1 aromatic heterocycles. The molecular formula is C54H37N3. The number of aryl methyl sites for hydroxylation is 2. The molecule has 3 heteroatoms. The van der Waals surface area contributed by atoms with Crippen molar-refractivity contribution in [2.75, 3.05) is 0 Å². The SMILES string of the molecule is Cc1ccc(-c2nc(-c3ccccc3)nc(-c3cccc(-c4cc(-c5cccc6c5C(c5ccccc5)(c5ccc(C)cc5)c5ccccc5-6)c5cc4-5)c3)n2)cc1. The first-order chi connectivity index (χ1) is 28.1. The summed E-state index contributed by atoms with van der Waals surface area (Å²) in [5.41, 5.74) is 20.2. The van der Waals surface area contributed by atoms with E-state index in [1.807, 2.05) is 18.2 Å². The standard InChI is InChI=1S/C54H37N3/c1-34-23-27-37(28-24-34)52-55-51(36-13-5-3-6-14-36)56-53(57-52)39-16-11-15-38(31-39)45-32-46(48-33-47(45)48)44-21-12-20-43-42-19-9-10-22-49(42)54(50(43)44,40-17-7-4-8-18-40)41-29-25-35(2)26-30-41/h3-33H,1-2H3. The van der Waals surface area contributed by atoms with Gasteiger partial charge >= 0.3 is 0 Å². The third kappa shape index (κ3) is 5.31. The van der Waals surface area contributed by atoms with Crippen LogP contribution in [0, 0.1) is 13.8 Å². The lowest BCUT2D eigenvalue weighted by Crippen LogP contribution is -2.29. The third-order valence-corrected chi connectivity index (χ3v) is 11.8. The maximum absolute atomic E-state index is 5.06. The minimum Gasteiger partial charge on any atom is -0.208 e. The Bertz CT molecular complexity index is 3000. The number of nitrogens with zero attached hydrogens (tertiary/aromatic N) is 3. The van der Waals surface area contributed by atoms with Crippen LogP contribution in [0.1, 0.15) is 33.4 Å². The van der Waals surface area contributed by atoms with Crippen molar-refractivity contribution in [1.82, 2.24) is 15.0 Å². The van der Waals surface area contributed by atoms with Crippen molar-refractivity contribution in [1.29, 1.82) is 0 Å². The van der Waals surface area contributed by atoms with Crippen LogP contribution in [0.2, 0.25) is 0 Å². The summed E-state index contributed by atoms with van der Waals surface area (Å²) in [5, 5.41) is 0. The molecule has 0 spiro atoms. The maximum atomic E-state index is 5.06. The molecule has 0 bridgehead atoms. The predicted molar refractivity (Wildman–Crippen MR) is 233 cm³/mol. The summed E-state index contributed by atoms with van der Waals surface area (Å²) in [6.45, 7) is 4.26. The van der Waals surface area contributed by atoms with Gasteiger partial charge in [-0.2, -0.15) is 0 Å². The van der Waals surface area contributed by atoms with Crippen LogP contribution in [-0.2, 0) is 5.41 Å². The summed E-state index contributed by atoms with van der Waals surface area (Å²) >= 11 is 0. The van der Waals surface area contributed by atoms with E-state index in [-0.39, 0.29) is 0 Å². The molecule has 3 aliphatic rings. The molecule has 0 aliphatic heterocycles. The molecule has 0 N–H and O–H groups in total. The van der Waals surface area contributed by atoms with E-state index in [0.29, 0.717) is 17.5 Å². The van der Waals surface area contributed by atoms with Gasteiger partial charge in [0.2, 0.25) is 0 Å². The molecule has 57 heavy (non-hydrogen) atoms. The first kappa shape index (κ1) is 33.1. The largest absolute Gasteiger partial charge is 0.208 e. The Morgan fingerprint density at radius 3 is 1.49 bits per heavy atom. The average molecular weight is 728 g/mol. The van der Waals surface area contributed by atoms with Gasteiger partial charge in [-0.05, 0) is 98.8 Å². The minimum absolute atomic E-state index is 0.485. The van der Waals surface area contributed by atoms with Gasteiger partial charge in [0.1, 0.15) is 0 Å². The zero-order valence-electron chi connectivity index (χ0n) is 31.7. The quantitative estimate of drug-likeness (QED) is 0.164. The number of aromatic nitrogens is 3. The van der Waals surface area contributed by atoms with E-state index in [2.05, 4.69) is 184 Å². The van der Waals surface area contributed by atoms with Crippen LogP contribution in [-0.4, -0.2) is 15.0 Å². The molecule has 0 saturated heterocycles. The van der Waals surface area contributed by atoms with Crippen molar-refractivity contribution >= 4 is 0 Å². The fourth-order valence-electron chi connectivity index (χ4n) is 9.04. The van der Waals surface area contributed by atoms with Crippen molar-refractivity contribution in [2.24, 2.45) is 0 Å². The molecule has 7 aromatic carbocycles. The summed E-state index contributed by atoms with van der Waals surface area (Å²) in [6.07, 6.45) is 0. The van der Waals surface area contributed by atoms with Gasteiger partial charge in [0.15, 0.2) is 17.5 Å². The van der Waals surface area contributed by atoms with Crippen LogP contribution in [0.25, 0.3) is 78.7 Å². The van der Waals surface area contributed by atoms with Crippen molar-refractivity contribution in [3.8, 4) is 78.7 Å². The zero-order valence-corrected chi connectivity index (χ0v) is 31.7. The van der Waals surface area contributed by atoms with E-state index < -0.39 is 5.41 Å². The summed E-state index contributed by atoms with van der Waals surface area (Å²) in [6, 6.07) is 68.1. The third-order valence-electron chi connectivity index (χ3n) is 11.8. The van der Waals surface area contributed by atoms with Crippen LogP contribution in [0.3, 0.4) is 0 Å². The molecule has 8 aromatic rings. The maximum Gasteiger partial charge on any atom is 0.164 e. The Balaban J connectivity index is 1.07. The first-order valence-electron chi connectivity index (χ1n) is 19.6. The highest BCUT2D eigenvalue weighted by molar-refractivity contribution is 6.08. The molecule has 3 aliphatic carbocycles. The summed E-state index contributed by atoms with van der Waals surface area (Å²) in [4.78, 5) is 15.1. The lowest BCUT2D eigenvalue weighted by Gasteiger charge is -2.35. The molecule has 1 unspecified atom stereocenters. The van der Waals surface area contributed by atoms with Gasteiger partial charge in [-0.15, -0.1) is 0 Å². The first-order valence-corrected chi connectivity index (χ1v) is 19.6. The second-order valence-corrected chi connectivity index (χ2v) is 15.3. The van der Waals surface area contributed by atoms with Crippen LogP contribution < -0.4 is 0 Å². The van der Waals surface area contributed by atoms with E-state index >= 15 is 0 Å². The number of hydrogen-bond acceptors (Lipinski definition) is 3. The lowest BCUT2D eigenvalue weighted by atomic mass is 9.66. The van der Waals surface area contributed by atoms with Crippen LogP contribution in [0.4, 0.5) is 0 Å². The van der Waals surface area contributed by atoms with Gasteiger partial charge in [-0.3, -0.25) is 0 Å². The van der Waals surface area contributed by atoms with Crippen molar-refractivity contribution < 1.29 is 0 Å². The molecular weight excluding hydrogens is 691 g/mol. The van der Waals surface area contributed by atoms with E-state index in [1.165, 1.54) is 72.3 Å². The second-order valence-electron chi connectivity index (χ2n) is 15.3. The van der Waals surface area contributed by atoms with Gasteiger partial charge in [0.05, 0.1) is 5.41 Å². The number of benzene rings is 8. The Kier molecular flexibility index (Phi) is 7.52. The van der Waals surface area contributed by atoms with E-state index in [0.717, 1.165) is 22.3 Å². The molecule has 268 valence electrons. The van der Waals surface area contributed by atoms with Crippen molar-refractivity contribution in [2.45, 2.75) is 19.3 Å². The highest BCUT2D eigenvalue weighted by atomic mass is 15.0. The molecule has 0 fully saturated rings. The minimum atomic E-state index is -0.485. The normalized spacial score (nSPS) is 14.6. The Morgan fingerprint density at radius 2 is 0.772 bits per heavy atom. The van der Waals surface area contributed by atoms with E-state index in [4.69, 9.17) is 15.0 Å². The highest BCUT2D eigenvalue weighted by Crippen LogP contribution is 2.61. The molecule has 0 saturated carbocycles. The van der Waals surface area contributed by atoms with E-state index in [9.17, 15) is 0 Å². The number of rotatable bonds is 7. The second kappa shape index (κ2) is 12.9. The number of fused-ring (bicyclic) bond motifs is 4. The molecule has 0 radical (unpaired) electrons. The molecule has 1 heterocycles. The highest BCUT2D eigenvalue weighted by Gasteiger charge is 2.48. The van der Waals surface area contributed by atoms with Gasteiger partial charge in [0.25, 0.3) is 0 Å². The van der Waals surface area contributed by atoms with Crippen LogP contribution >= 0.6 is 0 Å². The van der Waals surface area contributed by atoms with E-state index in [1.54, 1.807) is 0 Å². The number of hydrogen-bond donors (Lipinski definition) is 0. The zero-order chi connectivity index (χ0) is 38.1. The Morgan fingerprint density at radius 1 is 0.316 bits per heavy atom. The van der Waals surface area contributed by atoms with Crippen molar-refractivity contribution in [3.05, 3.63) is 221 Å². The monoisotopic (exact) mass is 727 g/mol. The van der Waals surface area contributed by atoms with Gasteiger partial charge in [-0.1, -0.05) is 181 Å². The Labute approximate surface area is 333 Å². The molecule has 3 nitrogen and oxygen atoms in total. The smallest absolute Gasteiger partial charge is 0.164 e. The van der Waals surface area contributed by atoms with Gasteiger partial charge in [-0.25, -0.2) is 15.0 Å². The van der Waals surface area contributed by atoms with Gasteiger partial charge in [0, 0.05) is 16.7 Å². The van der Waals surface area contributed by atoms with Crippen LogP contribution in [0.5, 0.6) is 0 Å². The fourth-order valence-corrected chi connectivity index (χ4v) is 9.04. The predicted octanol–water partition coefficient (Wildman–Crippen LogP) is 13.2. The summed E-state index contributed by atoms with van der Waals surface area (Å²) in [5.74, 6) is 1.98. The summed E-state index contributed by atoms with van der Waals surface area (Å²) in [7, 11) is 0. The van der Waals surface area contributed by atoms with Crippen LogP contribution in [0.15, 0.2) is 188 Å². The topological polar surface area (TPSA) is 38.7 Å². The van der Waals surface area contributed by atoms with Gasteiger partial charge < -0.3 is 0 Å². The molecule has 1 atom stereocenters. The fraction of sp³-hybridized carbons (Fsp3) is 0.0556. The average Bonchev–Trinajstić information content (AvgIpc) is 3.88. The molecule has 0 amide bonds. The Hall–Kier alpha value is -7.23. The molecule has 11 rings (SSSR count).